The van der Waals surface area contributed by atoms with Crippen LogP contribution in [0.5, 0.6) is 0 Å². The molecule has 2 N–H and O–H groups in total. The number of morpholine rings is 1. The molecule has 0 aromatic heterocycles. The summed E-state index contributed by atoms with van der Waals surface area (Å²) < 4.78 is 5.82. The molecule has 1 aromatic carbocycles. The molecule has 1 aromatic rings. The van der Waals surface area contributed by atoms with Crippen molar-refractivity contribution in [3.05, 3.63) is 35.4 Å². The molecule has 3 rings (SSSR count). The number of benzene rings is 1. The zero-order valence-corrected chi connectivity index (χ0v) is 16.5. The predicted octanol–water partition coefficient (Wildman–Crippen LogP) is 2.90. The Kier molecular flexibility index (Phi) is 6.92. The van der Waals surface area contributed by atoms with Gasteiger partial charge in [-0.2, -0.15) is 0 Å². The monoisotopic (exact) mass is 358 g/mol. The Balaban J connectivity index is 1.46. The van der Waals surface area contributed by atoms with Crippen LogP contribution < -0.4 is 10.6 Å². The highest BCUT2D eigenvalue weighted by Gasteiger charge is 2.22. The largest absolute Gasteiger partial charge is 0.373 e. The minimum Gasteiger partial charge on any atom is -0.373 e. The molecule has 1 saturated carbocycles. The van der Waals surface area contributed by atoms with Crippen LogP contribution in [0.2, 0.25) is 0 Å². The van der Waals surface area contributed by atoms with Crippen LogP contribution in [0.3, 0.4) is 0 Å². The van der Waals surface area contributed by atoms with Crippen LogP contribution in [0.25, 0.3) is 0 Å². The summed E-state index contributed by atoms with van der Waals surface area (Å²) in [6, 6.07) is 9.52. The van der Waals surface area contributed by atoms with Gasteiger partial charge in [0.15, 0.2) is 5.96 Å². The summed E-state index contributed by atoms with van der Waals surface area (Å²) in [7, 11) is 1.84. The Labute approximate surface area is 158 Å². The van der Waals surface area contributed by atoms with Crippen molar-refractivity contribution in [3.8, 4) is 0 Å². The van der Waals surface area contributed by atoms with Crippen LogP contribution in [0, 0.1) is 0 Å². The summed E-state index contributed by atoms with van der Waals surface area (Å²) in [6.07, 6.45) is 5.82. The summed E-state index contributed by atoms with van der Waals surface area (Å²) in [5, 5.41) is 6.97. The average molecular weight is 359 g/mol. The second kappa shape index (κ2) is 9.38. The van der Waals surface area contributed by atoms with Crippen molar-refractivity contribution in [2.24, 2.45) is 4.99 Å². The van der Waals surface area contributed by atoms with Gasteiger partial charge in [0.05, 0.1) is 12.2 Å². The van der Waals surface area contributed by atoms with Gasteiger partial charge in [0.1, 0.15) is 0 Å². The van der Waals surface area contributed by atoms with E-state index in [9.17, 15) is 0 Å². The second-order valence-corrected chi connectivity index (χ2v) is 7.82. The van der Waals surface area contributed by atoms with E-state index in [4.69, 9.17) is 4.74 Å². The quantitative estimate of drug-likeness (QED) is 0.628. The van der Waals surface area contributed by atoms with Gasteiger partial charge in [0, 0.05) is 39.3 Å². The molecule has 144 valence electrons. The molecule has 0 bridgehead atoms. The number of nitrogens with zero attached hydrogens (tertiary/aromatic N) is 2. The van der Waals surface area contributed by atoms with Crippen molar-refractivity contribution in [2.45, 2.75) is 70.9 Å². The molecule has 1 aliphatic heterocycles. The van der Waals surface area contributed by atoms with Crippen LogP contribution in [-0.2, 0) is 17.8 Å². The minimum atomic E-state index is 0.321. The summed E-state index contributed by atoms with van der Waals surface area (Å²) >= 11 is 0. The van der Waals surface area contributed by atoms with Gasteiger partial charge in [-0.15, -0.1) is 0 Å². The summed E-state index contributed by atoms with van der Waals surface area (Å²) in [6.45, 7) is 8.14. The lowest BCUT2D eigenvalue weighted by molar-refractivity contribution is -0.0704. The number of rotatable bonds is 5. The van der Waals surface area contributed by atoms with E-state index in [0.717, 1.165) is 32.1 Å². The van der Waals surface area contributed by atoms with Crippen LogP contribution in [0.15, 0.2) is 29.3 Å². The first kappa shape index (κ1) is 19.2. The highest BCUT2D eigenvalue weighted by Crippen LogP contribution is 2.17. The third-order valence-electron chi connectivity index (χ3n) is 5.30. The number of aliphatic imine (C=N–C) groups is 1. The molecule has 5 nitrogen and oxygen atoms in total. The number of hydrogen-bond donors (Lipinski definition) is 2. The van der Waals surface area contributed by atoms with Crippen LogP contribution in [0.4, 0.5) is 0 Å². The molecule has 5 heteroatoms. The molecule has 1 aliphatic carbocycles. The van der Waals surface area contributed by atoms with E-state index >= 15 is 0 Å². The molecular formula is C21H34N4O. The van der Waals surface area contributed by atoms with E-state index in [-0.39, 0.29) is 0 Å². The van der Waals surface area contributed by atoms with E-state index in [1.165, 1.54) is 36.8 Å². The van der Waals surface area contributed by atoms with Crippen LogP contribution >= 0.6 is 0 Å². The number of nitrogens with one attached hydrogen (secondary N) is 2. The van der Waals surface area contributed by atoms with E-state index in [0.29, 0.717) is 18.2 Å². The van der Waals surface area contributed by atoms with Gasteiger partial charge < -0.3 is 15.4 Å². The molecule has 2 unspecified atom stereocenters. The smallest absolute Gasteiger partial charge is 0.191 e. The fraction of sp³-hybridized carbons (Fsp3) is 0.667. The predicted molar refractivity (Wildman–Crippen MR) is 107 cm³/mol. The molecule has 2 aliphatic rings. The van der Waals surface area contributed by atoms with Crippen LogP contribution in [0.1, 0.15) is 50.7 Å². The Morgan fingerprint density at radius 1 is 1.08 bits per heavy atom. The van der Waals surface area contributed by atoms with Crippen molar-refractivity contribution in [1.82, 2.24) is 15.5 Å². The van der Waals surface area contributed by atoms with Crippen molar-refractivity contribution in [1.29, 1.82) is 0 Å². The van der Waals surface area contributed by atoms with Gasteiger partial charge in [0.25, 0.3) is 0 Å². The molecule has 1 heterocycles. The van der Waals surface area contributed by atoms with Crippen molar-refractivity contribution in [2.75, 3.05) is 20.1 Å². The Morgan fingerprint density at radius 3 is 2.31 bits per heavy atom. The summed E-state index contributed by atoms with van der Waals surface area (Å²) in [4.78, 5) is 6.84. The third kappa shape index (κ3) is 5.71. The lowest BCUT2D eigenvalue weighted by Gasteiger charge is -2.35. The van der Waals surface area contributed by atoms with Gasteiger partial charge in [0.2, 0.25) is 0 Å². The number of hydrogen-bond acceptors (Lipinski definition) is 3. The maximum absolute atomic E-state index is 5.82. The highest BCUT2D eigenvalue weighted by molar-refractivity contribution is 5.79. The second-order valence-electron chi connectivity index (χ2n) is 7.82. The molecule has 1 saturated heterocycles. The zero-order chi connectivity index (χ0) is 18.4. The van der Waals surface area contributed by atoms with Crippen molar-refractivity contribution in [3.63, 3.8) is 0 Å². The molecule has 0 amide bonds. The van der Waals surface area contributed by atoms with Gasteiger partial charge in [-0.05, 0) is 37.8 Å². The van der Waals surface area contributed by atoms with Gasteiger partial charge in [-0.3, -0.25) is 9.89 Å². The Hall–Kier alpha value is -1.59. The summed E-state index contributed by atoms with van der Waals surface area (Å²) in [5.74, 6) is 0.914. The SMILES string of the molecule is CN=C(NCc1ccc(CN2CC(C)OC(C)C2)cc1)NC1CCCC1. The van der Waals surface area contributed by atoms with E-state index in [1.54, 1.807) is 0 Å². The standard InChI is InChI=1S/C21H34N4O/c1-16-13-25(14-17(2)26-16)15-19-10-8-18(9-11-19)12-23-21(22-3)24-20-6-4-5-7-20/h8-11,16-17,20H,4-7,12-15H2,1-3H3,(H2,22,23,24). The number of guanidine groups is 1. The molecule has 2 atom stereocenters. The first-order valence-electron chi connectivity index (χ1n) is 10.0. The zero-order valence-electron chi connectivity index (χ0n) is 16.5. The van der Waals surface area contributed by atoms with Gasteiger partial charge in [-0.25, -0.2) is 0 Å². The maximum Gasteiger partial charge on any atom is 0.191 e. The normalized spacial score (nSPS) is 25.4. The van der Waals surface area contributed by atoms with Crippen molar-refractivity contribution >= 4 is 5.96 Å². The lowest BCUT2D eigenvalue weighted by Crippen LogP contribution is -2.44. The van der Waals surface area contributed by atoms with Gasteiger partial charge in [-0.1, -0.05) is 37.1 Å². The maximum atomic E-state index is 5.82. The first-order chi connectivity index (χ1) is 12.6. The molecule has 26 heavy (non-hydrogen) atoms. The third-order valence-corrected chi connectivity index (χ3v) is 5.30. The minimum absolute atomic E-state index is 0.321. The first-order valence-corrected chi connectivity index (χ1v) is 10.0. The fourth-order valence-electron chi connectivity index (χ4n) is 4.08. The van der Waals surface area contributed by atoms with E-state index in [1.807, 2.05) is 7.05 Å². The van der Waals surface area contributed by atoms with E-state index < -0.39 is 0 Å². The number of ether oxygens (including phenoxy) is 1. The highest BCUT2D eigenvalue weighted by atomic mass is 16.5. The Bertz CT molecular complexity index is 570. The molecule has 0 spiro atoms. The Morgan fingerprint density at radius 2 is 1.69 bits per heavy atom. The molecule has 2 fully saturated rings. The van der Waals surface area contributed by atoms with Gasteiger partial charge >= 0.3 is 0 Å². The summed E-state index contributed by atoms with van der Waals surface area (Å²) in [5.41, 5.74) is 2.65. The lowest BCUT2D eigenvalue weighted by atomic mass is 10.1. The van der Waals surface area contributed by atoms with Crippen molar-refractivity contribution < 1.29 is 4.74 Å². The topological polar surface area (TPSA) is 48.9 Å². The van der Waals surface area contributed by atoms with E-state index in [2.05, 4.69) is 58.6 Å². The average Bonchev–Trinajstić information content (AvgIpc) is 3.12. The molecule has 0 radical (unpaired) electrons. The van der Waals surface area contributed by atoms with Crippen LogP contribution in [-0.4, -0.2) is 49.2 Å². The molecular weight excluding hydrogens is 324 g/mol. The fourth-order valence-corrected chi connectivity index (χ4v) is 4.08.